The first-order valence-corrected chi connectivity index (χ1v) is 7.28. The standard InChI is InChI=1S/C15H18ClNO4/c1-2-20-15(19)6-7-17-9-13(21-10-14(17)18)11-4-3-5-12(16)8-11/h3-5,8,13H,2,6-7,9-10H2,1H3. The molecule has 0 radical (unpaired) electrons. The third-order valence-electron chi connectivity index (χ3n) is 3.26. The first kappa shape index (κ1) is 15.8. The third kappa shape index (κ3) is 4.44. The van der Waals surface area contributed by atoms with Gasteiger partial charge in [0.15, 0.2) is 0 Å². The Kier molecular flexibility index (Phi) is 5.59. The van der Waals surface area contributed by atoms with Gasteiger partial charge < -0.3 is 14.4 Å². The van der Waals surface area contributed by atoms with Gasteiger partial charge in [0.2, 0.25) is 5.91 Å². The average Bonchev–Trinajstić information content (AvgIpc) is 2.47. The first-order chi connectivity index (χ1) is 10.1. The molecule has 1 saturated heterocycles. The Hall–Kier alpha value is -1.59. The van der Waals surface area contributed by atoms with E-state index in [1.165, 1.54) is 0 Å². The number of halogens is 1. The van der Waals surface area contributed by atoms with Crippen molar-refractivity contribution < 1.29 is 19.1 Å². The molecule has 6 heteroatoms. The van der Waals surface area contributed by atoms with E-state index in [4.69, 9.17) is 21.1 Å². The second kappa shape index (κ2) is 7.43. The maximum absolute atomic E-state index is 11.8. The fourth-order valence-corrected chi connectivity index (χ4v) is 2.40. The summed E-state index contributed by atoms with van der Waals surface area (Å²) in [5, 5.41) is 0.631. The van der Waals surface area contributed by atoms with Crippen LogP contribution in [0.3, 0.4) is 0 Å². The summed E-state index contributed by atoms with van der Waals surface area (Å²) in [6, 6.07) is 7.37. The smallest absolute Gasteiger partial charge is 0.307 e. The Labute approximate surface area is 128 Å². The molecule has 1 amide bonds. The average molecular weight is 312 g/mol. The maximum Gasteiger partial charge on any atom is 0.307 e. The van der Waals surface area contributed by atoms with Gasteiger partial charge in [-0.15, -0.1) is 0 Å². The van der Waals surface area contributed by atoms with Gasteiger partial charge in [0, 0.05) is 11.6 Å². The fourth-order valence-electron chi connectivity index (χ4n) is 2.20. The van der Waals surface area contributed by atoms with E-state index in [1.807, 2.05) is 18.2 Å². The molecule has 0 bridgehead atoms. The van der Waals surface area contributed by atoms with Crippen molar-refractivity contribution in [2.75, 3.05) is 26.3 Å². The van der Waals surface area contributed by atoms with Gasteiger partial charge in [-0.3, -0.25) is 9.59 Å². The highest BCUT2D eigenvalue weighted by Gasteiger charge is 2.27. The van der Waals surface area contributed by atoms with Gasteiger partial charge in [-0.1, -0.05) is 23.7 Å². The normalized spacial score (nSPS) is 18.7. The highest BCUT2D eigenvalue weighted by molar-refractivity contribution is 6.30. The Balaban J connectivity index is 1.96. The molecule has 0 saturated carbocycles. The van der Waals surface area contributed by atoms with Crippen molar-refractivity contribution in [1.29, 1.82) is 0 Å². The monoisotopic (exact) mass is 311 g/mol. The molecule has 1 fully saturated rings. The number of nitrogens with zero attached hydrogens (tertiary/aromatic N) is 1. The summed E-state index contributed by atoms with van der Waals surface area (Å²) in [5.74, 6) is -0.409. The molecule has 1 aromatic carbocycles. The number of amides is 1. The zero-order chi connectivity index (χ0) is 15.2. The van der Waals surface area contributed by atoms with Gasteiger partial charge in [-0.05, 0) is 24.6 Å². The van der Waals surface area contributed by atoms with Gasteiger partial charge in [0.25, 0.3) is 0 Å². The zero-order valence-electron chi connectivity index (χ0n) is 11.9. The van der Waals surface area contributed by atoms with Crippen molar-refractivity contribution in [3.8, 4) is 0 Å². The van der Waals surface area contributed by atoms with Crippen molar-refractivity contribution in [1.82, 2.24) is 4.90 Å². The second-order valence-electron chi connectivity index (χ2n) is 4.75. The summed E-state index contributed by atoms with van der Waals surface area (Å²) in [7, 11) is 0. The van der Waals surface area contributed by atoms with Gasteiger partial charge >= 0.3 is 5.97 Å². The molecule has 0 spiro atoms. The molecule has 5 nitrogen and oxygen atoms in total. The van der Waals surface area contributed by atoms with Crippen LogP contribution in [0, 0.1) is 0 Å². The predicted octanol–water partition coefficient (Wildman–Crippen LogP) is 2.19. The predicted molar refractivity (Wildman–Crippen MR) is 78.0 cm³/mol. The molecule has 1 atom stereocenters. The van der Waals surface area contributed by atoms with E-state index in [1.54, 1.807) is 17.9 Å². The van der Waals surface area contributed by atoms with Crippen LogP contribution in [0.25, 0.3) is 0 Å². The molecule has 1 aliphatic heterocycles. The van der Waals surface area contributed by atoms with E-state index in [9.17, 15) is 9.59 Å². The summed E-state index contributed by atoms with van der Waals surface area (Å²) in [6.45, 7) is 2.88. The lowest BCUT2D eigenvalue weighted by atomic mass is 10.1. The maximum atomic E-state index is 11.8. The van der Waals surface area contributed by atoms with Crippen LogP contribution in [0.2, 0.25) is 5.02 Å². The number of morpholine rings is 1. The summed E-state index contributed by atoms with van der Waals surface area (Å²) in [5.41, 5.74) is 0.927. The van der Waals surface area contributed by atoms with Crippen LogP contribution in [-0.2, 0) is 19.1 Å². The van der Waals surface area contributed by atoms with E-state index < -0.39 is 0 Å². The molecule has 0 aromatic heterocycles. The van der Waals surface area contributed by atoms with Crippen molar-refractivity contribution in [3.63, 3.8) is 0 Å². The van der Waals surface area contributed by atoms with E-state index in [0.29, 0.717) is 24.7 Å². The van der Waals surface area contributed by atoms with Crippen LogP contribution in [0.15, 0.2) is 24.3 Å². The summed E-state index contributed by atoms with van der Waals surface area (Å²) < 4.78 is 10.4. The van der Waals surface area contributed by atoms with Crippen LogP contribution in [-0.4, -0.2) is 43.1 Å². The SMILES string of the molecule is CCOC(=O)CCN1CC(c2cccc(Cl)c2)OCC1=O. The second-order valence-corrected chi connectivity index (χ2v) is 5.19. The van der Waals surface area contributed by atoms with E-state index in [2.05, 4.69) is 0 Å². The lowest BCUT2D eigenvalue weighted by Crippen LogP contribution is -2.44. The van der Waals surface area contributed by atoms with Crippen LogP contribution in [0.5, 0.6) is 0 Å². The molecular weight excluding hydrogens is 294 g/mol. The van der Waals surface area contributed by atoms with Crippen molar-refractivity contribution in [2.24, 2.45) is 0 Å². The Morgan fingerprint density at radius 1 is 1.52 bits per heavy atom. The number of carbonyl (C=O) groups is 2. The minimum atomic E-state index is -0.295. The molecule has 2 rings (SSSR count). The van der Waals surface area contributed by atoms with E-state index in [0.717, 1.165) is 5.56 Å². The number of esters is 1. The minimum Gasteiger partial charge on any atom is -0.466 e. The number of rotatable bonds is 5. The van der Waals surface area contributed by atoms with Gasteiger partial charge in [-0.2, -0.15) is 0 Å². The molecule has 1 heterocycles. The molecule has 0 N–H and O–H groups in total. The van der Waals surface area contributed by atoms with Crippen LogP contribution >= 0.6 is 11.6 Å². The topological polar surface area (TPSA) is 55.8 Å². The number of ether oxygens (including phenoxy) is 2. The van der Waals surface area contributed by atoms with E-state index in [-0.39, 0.29) is 31.0 Å². The van der Waals surface area contributed by atoms with E-state index >= 15 is 0 Å². The summed E-state index contributed by atoms with van der Waals surface area (Å²) >= 11 is 5.97. The summed E-state index contributed by atoms with van der Waals surface area (Å²) in [6.07, 6.45) is -0.0226. The molecule has 21 heavy (non-hydrogen) atoms. The number of carbonyl (C=O) groups excluding carboxylic acids is 2. The van der Waals surface area contributed by atoms with Crippen molar-refractivity contribution >= 4 is 23.5 Å². The molecule has 1 unspecified atom stereocenters. The Morgan fingerprint density at radius 2 is 2.33 bits per heavy atom. The number of benzene rings is 1. The lowest BCUT2D eigenvalue weighted by Gasteiger charge is -2.32. The number of hydrogen-bond acceptors (Lipinski definition) is 4. The molecule has 0 aliphatic carbocycles. The summed E-state index contributed by atoms with van der Waals surface area (Å²) in [4.78, 5) is 24.8. The molecular formula is C15H18ClNO4. The first-order valence-electron chi connectivity index (χ1n) is 6.90. The third-order valence-corrected chi connectivity index (χ3v) is 3.49. The van der Waals surface area contributed by atoms with Gasteiger partial charge in [-0.25, -0.2) is 0 Å². The highest BCUT2D eigenvalue weighted by atomic mass is 35.5. The van der Waals surface area contributed by atoms with Gasteiger partial charge in [0.05, 0.1) is 19.6 Å². The van der Waals surface area contributed by atoms with Gasteiger partial charge in [0.1, 0.15) is 12.7 Å². The van der Waals surface area contributed by atoms with Crippen LogP contribution in [0.4, 0.5) is 0 Å². The van der Waals surface area contributed by atoms with Crippen molar-refractivity contribution in [2.45, 2.75) is 19.4 Å². The fraction of sp³-hybridized carbons (Fsp3) is 0.467. The molecule has 1 aliphatic rings. The Morgan fingerprint density at radius 3 is 3.05 bits per heavy atom. The Bertz CT molecular complexity index is 520. The molecule has 1 aromatic rings. The highest BCUT2D eigenvalue weighted by Crippen LogP contribution is 2.25. The van der Waals surface area contributed by atoms with Crippen LogP contribution in [0.1, 0.15) is 25.0 Å². The largest absolute Gasteiger partial charge is 0.466 e. The quantitative estimate of drug-likeness (QED) is 0.782. The van der Waals surface area contributed by atoms with Crippen molar-refractivity contribution in [3.05, 3.63) is 34.9 Å². The van der Waals surface area contributed by atoms with Crippen LogP contribution < -0.4 is 0 Å². The zero-order valence-corrected chi connectivity index (χ0v) is 12.6. The molecule has 114 valence electrons. The lowest BCUT2D eigenvalue weighted by molar-refractivity contribution is -0.151. The minimum absolute atomic E-state index is 0.0139. The number of hydrogen-bond donors (Lipinski definition) is 0.